The fourth-order valence-electron chi connectivity index (χ4n) is 4.93. The van der Waals surface area contributed by atoms with Gasteiger partial charge in [-0.25, -0.2) is 9.67 Å². The molecule has 1 aliphatic carbocycles. The first-order valence-corrected chi connectivity index (χ1v) is 11.8. The third-order valence-electron chi connectivity index (χ3n) is 6.78. The van der Waals surface area contributed by atoms with E-state index in [1.807, 2.05) is 6.08 Å². The van der Waals surface area contributed by atoms with Crippen molar-refractivity contribution in [2.45, 2.75) is 51.1 Å². The van der Waals surface area contributed by atoms with Crippen LogP contribution in [0, 0.1) is 0 Å². The molecule has 2 aromatic heterocycles. The van der Waals surface area contributed by atoms with Crippen LogP contribution in [0.15, 0.2) is 36.7 Å². The lowest BCUT2D eigenvalue weighted by molar-refractivity contribution is -0.141. The van der Waals surface area contributed by atoms with Gasteiger partial charge in [-0.3, -0.25) is 14.5 Å². The van der Waals surface area contributed by atoms with Gasteiger partial charge >= 0.3 is 6.18 Å². The average molecular weight is 502 g/mol. The maximum absolute atomic E-state index is 13.6. The van der Waals surface area contributed by atoms with Crippen LogP contribution in [0.2, 0.25) is 0 Å². The van der Waals surface area contributed by atoms with Gasteiger partial charge in [0.2, 0.25) is 5.91 Å². The molecule has 2 aromatic rings. The number of hydrogen-bond acceptors (Lipinski definition) is 5. The molecule has 0 bridgehead atoms. The highest BCUT2D eigenvalue weighted by Gasteiger charge is 2.44. The van der Waals surface area contributed by atoms with E-state index in [0.717, 1.165) is 24.2 Å². The first kappa shape index (κ1) is 24.2. The highest BCUT2D eigenvalue weighted by Crippen LogP contribution is 2.41. The molecule has 8 nitrogen and oxygen atoms in total. The molecule has 2 atom stereocenters. The van der Waals surface area contributed by atoms with Gasteiger partial charge < -0.3 is 9.64 Å². The monoisotopic (exact) mass is 501 g/mol. The predicted molar refractivity (Wildman–Crippen MR) is 126 cm³/mol. The molecule has 0 saturated carbocycles. The number of fused-ring (bicyclic) bond motifs is 3. The second-order valence-corrected chi connectivity index (χ2v) is 9.19. The van der Waals surface area contributed by atoms with E-state index >= 15 is 0 Å². The van der Waals surface area contributed by atoms with Gasteiger partial charge in [-0.1, -0.05) is 12.2 Å². The van der Waals surface area contributed by atoms with Gasteiger partial charge in [-0.2, -0.15) is 18.3 Å². The number of aromatic nitrogens is 3. The number of pyridine rings is 1. The average Bonchev–Trinajstić information content (AvgIpc) is 3.31. The van der Waals surface area contributed by atoms with Crippen molar-refractivity contribution in [3.05, 3.63) is 53.5 Å². The quantitative estimate of drug-likeness (QED) is 0.627. The number of carbonyl (C=O) groups excluding carboxylic acids is 2. The van der Waals surface area contributed by atoms with Crippen LogP contribution in [0.1, 0.15) is 60.5 Å². The molecule has 0 N–H and O–H groups in total. The van der Waals surface area contributed by atoms with Gasteiger partial charge in [0.15, 0.2) is 0 Å². The van der Waals surface area contributed by atoms with Crippen LogP contribution in [-0.4, -0.2) is 63.9 Å². The first-order valence-electron chi connectivity index (χ1n) is 11.8. The van der Waals surface area contributed by atoms with E-state index in [0.29, 0.717) is 41.2 Å². The van der Waals surface area contributed by atoms with Crippen molar-refractivity contribution in [1.29, 1.82) is 0 Å². The molecular formula is C25H26F3N5O3. The summed E-state index contributed by atoms with van der Waals surface area (Å²) in [6.45, 7) is 0.586. The fraction of sp³-hybridized carbons (Fsp3) is 0.440. The highest BCUT2D eigenvalue weighted by atomic mass is 19.4. The molecular weight excluding hydrogens is 475 g/mol. The zero-order valence-electron chi connectivity index (χ0n) is 20.0. The number of carbonyl (C=O) groups is 2. The summed E-state index contributed by atoms with van der Waals surface area (Å²) < 4.78 is 48.1. The van der Waals surface area contributed by atoms with Crippen LogP contribution < -0.4 is 4.90 Å². The van der Waals surface area contributed by atoms with Gasteiger partial charge in [-0.15, -0.1) is 0 Å². The van der Waals surface area contributed by atoms with E-state index in [9.17, 15) is 22.8 Å². The standard InChI is InChI=1S/C25H26F3N5O3/c1-15(34)31(2)23-17(6-5-10-29-23)16-8-9-18-20(12-16)32(14-25(26,27)28)24(35)19-13-33(30-22(18)19)21-7-3-4-11-36-21/h5-6,9-10,12-13,20-21H,3-4,7-8,11,14H2,1-2H3. The summed E-state index contributed by atoms with van der Waals surface area (Å²) >= 11 is 0. The Morgan fingerprint density at radius 1 is 1.28 bits per heavy atom. The third kappa shape index (κ3) is 4.43. The normalized spacial score (nSPS) is 21.9. The molecule has 5 rings (SSSR count). The Morgan fingerprint density at radius 2 is 2.08 bits per heavy atom. The smallest absolute Gasteiger partial charge is 0.357 e. The van der Waals surface area contributed by atoms with E-state index in [4.69, 9.17) is 4.74 Å². The van der Waals surface area contributed by atoms with Crippen LogP contribution >= 0.6 is 0 Å². The molecule has 0 spiro atoms. The number of halogens is 3. The Hall–Kier alpha value is -3.47. The van der Waals surface area contributed by atoms with E-state index in [1.54, 1.807) is 36.1 Å². The highest BCUT2D eigenvalue weighted by molar-refractivity contribution is 6.04. The number of alkyl halides is 3. The van der Waals surface area contributed by atoms with Gasteiger partial charge in [0, 0.05) is 44.1 Å². The molecule has 36 heavy (non-hydrogen) atoms. The molecule has 11 heteroatoms. The van der Waals surface area contributed by atoms with Crippen molar-refractivity contribution in [3.8, 4) is 0 Å². The van der Waals surface area contributed by atoms with Gasteiger partial charge in [0.1, 0.15) is 24.3 Å². The zero-order valence-corrected chi connectivity index (χ0v) is 20.0. The summed E-state index contributed by atoms with van der Waals surface area (Å²) in [6, 6.07) is 2.52. The minimum atomic E-state index is -4.58. The molecule has 3 aliphatic rings. The summed E-state index contributed by atoms with van der Waals surface area (Å²) in [4.78, 5) is 31.9. The number of allylic oxidation sites excluding steroid dienone is 2. The van der Waals surface area contributed by atoms with Crippen molar-refractivity contribution in [1.82, 2.24) is 19.7 Å². The van der Waals surface area contributed by atoms with Gasteiger partial charge in [-0.05, 0) is 43.4 Å². The Kier molecular flexibility index (Phi) is 6.19. The predicted octanol–water partition coefficient (Wildman–Crippen LogP) is 4.22. The Bertz CT molecular complexity index is 1260. The Morgan fingerprint density at radius 3 is 2.78 bits per heavy atom. The molecule has 0 aromatic carbocycles. The molecule has 2 unspecified atom stereocenters. The summed E-state index contributed by atoms with van der Waals surface area (Å²) in [5.74, 6) is -0.553. The maximum Gasteiger partial charge on any atom is 0.406 e. The van der Waals surface area contributed by atoms with Gasteiger partial charge in [0.05, 0.1) is 11.6 Å². The zero-order chi connectivity index (χ0) is 25.6. The van der Waals surface area contributed by atoms with Crippen LogP contribution in [0.3, 0.4) is 0 Å². The van der Waals surface area contributed by atoms with Crippen LogP contribution in [0.25, 0.3) is 11.1 Å². The molecule has 2 aliphatic heterocycles. The molecule has 1 saturated heterocycles. The lowest BCUT2D eigenvalue weighted by atomic mass is 9.85. The number of nitrogens with zero attached hydrogens (tertiary/aromatic N) is 5. The van der Waals surface area contributed by atoms with E-state index in [2.05, 4.69) is 10.1 Å². The maximum atomic E-state index is 13.6. The summed E-state index contributed by atoms with van der Waals surface area (Å²) in [6.07, 6.45) is 4.60. The molecule has 1 fully saturated rings. The van der Waals surface area contributed by atoms with Gasteiger partial charge in [0.25, 0.3) is 5.91 Å². The SMILES string of the molecule is CC(=O)N(C)c1ncccc1C1=CC2C(=CC1)c1nn(C3CCCCO3)cc1C(=O)N2CC(F)(F)F. The number of rotatable bonds is 4. The van der Waals surface area contributed by atoms with E-state index in [-0.39, 0.29) is 17.7 Å². The summed E-state index contributed by atoms with van der Waals surface area (Å²) in [5, 5.41) is 4.61. The molecule has 190 valence electrons. The topological polar surface area (TPSA) is 80.6 Å². The van der Waals surface area contributed by atoms with Crippen molar-refractivity contribution < 1.29 is 27.5 Å². The Labute approximate surface area is 206 Å². The van der Waals surface area contributed by atoms with Crippen molar-refractivity contribution in [2.75, 3.05) is 25.1 Å². The summed E-state index contributed by atoms with van der Waals surface area (Å²) in [5.41, 5.74) is 2.39. The van der Waals surface area contributed by atoms with Crippen molar-refractivity contribution in [2.24, 2.45) is 0 Å². The van der Waals surface area contributed by atoms with E-state index in [1.165, 1.54) is 18.0 Å². The van der Waals surface area contributed by atoms with Crippen molar-refractivity contribution >= 4 is 28.8 Å². The minimum Gasteiger partial charge on any atom is -0.357 e. The number of anilines is 1. The van der Waals surface area contributed by atoms with Crippen LogP contribution in [0.4, 0.5) is 19.0 Å². The largest absolute Gasteiger partial charge is 0.406 e. The number of hydrogen-bond donors (Lipinski definition) is 0. The first-order chi connectivity index (χ1) is 17.1. The summed E-state index contributed by atoms with van der Waals surface area (Å²) in [7, 11) is 1.59. The number of ether oxygens (including phenoxy) is 1. The van der Waals surface area contributed by atoms with E-state index < -0.39 is 24.7 Å². The van der Waals surface area contributed by atoms with Crippen LogP contribution in [-0.2, 0) is 9.53 Å². The molecule has 2 amide bonds. The minimum absolute atomic E-state index is 0.145. The van der Waals surface area contributed by atoms with Crippen LogP contribution in [0.5, 0.6) is 0 Å². The molecule has 0 radical (unpaired) electrons. The second-order valence-electron chi connectivity index (χ2n) is 9.19. The lowest BCUT2D eigenvalue weighted by Crippen LogP contribution is -2.48. The third-order valence-corrected chi connectivity index (χ3v) is 6.78. The number of amides is 2. The van der Waals surface area contributed by atoms with Crippen molar-refractivity contribution in [3.63, 3.8) is 0 Å². The fourth-order valence-corrected chi connectivity index (χ4v) is 4.93. The molecule has 4 heterocycles. The Balaban J connectivity index is 1.57. The lowest BCUT2D eigenvalue weighted by Gasteiger charge is -2.37. The second kappa shape index (κ2) is 9.20.